The average molecular weight is 219 g/mol. The Morgan fingerprint density at radius 2 is 1.93 bits per heavy atom. The second-order valence-corrected chi connectivity index (χ2v) is 4.72. The van der Waals surface area contributed by atoms with Gasteiger partial charge < -0.3 is 0 Å². The summed E-state index contributed by atoms with van der Waals surface area (Å²) < 4.78 is 26.7. The number of hydrogen-bond acceptors (Lipinski definition) is 3. The fourth-order valence-corrected chi connectivity index (χ4v) is 2.25. The average Bonchev–Trinajstić information content (AvgIpc) is 2.15. The lowest BCUT2D eigenvalue weighted by Crippen LogP contribution is -2.41. The lowest BCUT2D eigenvalue weighted by Gasteiger charge is -2.19. The van der Waals surface area contributed by atoms with Crippen LogP contribution in [0.5, 0.6) is 0 Å². The van der Waals surface area contributed by atoms with E-state index >= 15 is 0 Å². The lowest BCUT2D eigenvalue weighted by atomic mass is 10.2. The van der Waals surface area contributed by atoms with Crippen LogP contribution >= 0.6 is 0 Å². The molecule has 5 nitrogen and oxygen atoms in total. The highest BCUT2D eigenvalue weighted by Crippen LogP contribution is 1.98. The Labute approximate surface area is 85.9 Å². The number of nitrogens with zero attached hydrogens (tertiary/aromatic N) is 2. The van der Waals surface area contributed by atoms with E-state index in [0.29, 0.717) is 13.1 Å². The van der Waals surface area contributed by atoms with Crippen molar-refractivity contribution in [1.82, 2.24) is 9.03 Å². The van der Waals surface area contributed by atoms with E-state index in [9.17, 15) is 8.42 Å². The number of rotatable bonds is 6. The number of hydrogen-bond donors (Lipinski definition) is 1. The summed E-state index contributed by atoms with van der Waals surface area (Å²) in [6, 6.07) is 1.97. The van der Waals surface area contributed by atoms with E-state index in [1.165, 1.54) is 4.31 Å². The quantitative estimate of drug-likeness (QED) is 0.699. The number of nitrogens with one attached hydrogen (secondary N) is 1. The zero-order valence-corrected chi connectivity index (χ0v) is 9.63. The van der Waals surface area contributed by atoms with Crippen LogP contribution in [0.2, 0.25) is 0 Å². The van der Waals surface area contributed by atoms with Crippen molar-refractivity contribution in [3.63, 3.8) is 0 Å². The molecule has 0 aliphatic rings. The van der Waals surface area contributed by atoms with Crippen LogP contribution < -0.4 is 4.72 Å². The molecule has 0 spiro atoms. The van der Waals surface area contributed by atoms with Crippen molar-refractivity contribution in [2.24, 2.45) is 5.92 Å². The predicted octanol–water partition coefficient (Wildman–Crippen LogP) is 0.322. The van der Waals surface area contributed by atoms with Crippen molar-refractivity contribution in [2.75, 3.05) is 19.6 Å². The third kappa shape index (κ3) is 4.05. The van der Waals surface area contributed by atoms with Crippen molar-refractivity contribution in [3.05, 3.63) is 0 Å². The molecule has 1 unspecified atom stereocenters. The van der Waals surface area contributed by atoms with Crippen LogP contribution in [0.15, 0.2) is 0 Å². The Bertz CT molecular complexity index is 290. The second kappa shape index (κ2) is 5.96. The summed E-state index contributed by atoms with van der Waals surface area (Å²) >= 11 is 0. The fraction of sp³-hybridized carbons (Fsp3) is 0.875. The first-order chi connectivity index (χ1) is 6.47. The van der Waals surface area contributed by atoms with E-state index in [1.807, 2.05) is 6.07 Å². The Balaban J connectivity index is 4.29. The molecule has 0 aromatic carbocycles. The third-order valence-electron chi connectivity index (χ3n) is 1.84. The molecule has 0 amide bonds. The van der Waals surface area contributed by atoms with Gasteiger partial charge in [0.05, 0.1) is 12.0 Å². The lowest BCUT2D eigenvalue weighted by molar-refractivity contribution is 0.432. The highest BCUT2D eigenvalue weighted by Gasteiger charge is 2.18. The highest BCUT2D eigenvalue weighted by atomic mass is 32.2. The SMILES string of the molecule is CCN(CC)S(=O)(=O)NCC(C)C#N. The summed E-state index contributed by atoms with van der Waals surface area (Å²) in [4.78, 5) is 0. The molecule has 0 fully saturated rings. The Hall–Kier alpha value is -0.640. The molecule has 14 heavy (non-hydrogen) atoms. The Morgan fingerprint density at radius 3 is 2.29 bits per heavy atom. The summed E-state index contributed by atoms with van der Waals surface area (Å²) in [6.07, 6.45) is 0. The zero-order valence-electron chi connectivity index (χ0n) is 8.82. The first kappa shape index (κ1) is 13.4. The minimum atomic E-state index is -3.40. The van der Waals surface area contributed by atoms with Crippen LogP contribution in [0.1, 0.15) is 20.8 Å². The molecule has 0 bridgehead atoms. The first-order valence-corrected chi connectivity index (χ1v) is 6.06. The molecular weight excluding hydrogens is 202 g/mol. The minimum Gasteiger partial charge on any atom is -0.201 e. The van der Waals surface area contributed by atoms with Crippen LogP contribution in [0.3, 0.4) is 0 Å². The van der Waals surface area contributed by atoms with Crippen LogP contribution in [0.4, 0.5) is 0 Å². The molecule has 6 heteroatoms. The van der Waals surface area contributed by atoms with Gasteiger partial charge in [-0.05, 0) is 6.92 Å². The summed E-state index contributed by atoms with van der Waals surface area (Å²) in [6.45, 7) is 6.26. The molecule has 0 rings (SSSR count). The third-order valence-corrected chi connectivity index (χ3v) is 3.57. The molecule has 0 aliphatic carbocycles. The van der Waals surface area contributed by atoms with Gasteiger partial charge in [0.15, 0.2) is 0 Å². The maximum absolute atomic E-state index is 11.5. The molecule has 0 saturated heterocycles. The maximum atomic E-state index is 11.5. The van der Waals surface area contributed by atoms with Gasteiger partial charge in [-0.1, -0.05) is 13.8 Å². The molecule has 0 radical (unpaired) electrons. The van der Waals surface area contributed by atoms with E-state index < -0.39 is 10.2 Å². The van der Waals surface area contributed by atoms with E-state index in [2.05, 4.69) is 4.72 Å². The molecule has 0 aliphatic heterocycles. The molecular formula is C8H17N3O2S. The Morgan fingerprint density at radius 1 is 1.43 bits per heavy atom. The van der Waals surface area contributed by atoms with Gasteiger partial charge in [0.25, 0.3) is 10.2 Å². The summed E-state index contributed by atoms with van der Waals surface area (Å²) in [7, 11) is -3.40. The number of nitriles is 1. The molecule has 0 heterocycles. The van der Waals surface area contributed by atoms with E-state index in [-0.39, 0.29) is 12.5 Å². The molecule has 0 aromatic rings. The van der Waals surface area contributed by atoms with Gasteiger partial charge in [-0.2, -0.15) is 18.0 Å². The van der Waals surface area contributed by atoms with E-state index in [4.69, 9.17) is 5.26 Å². The van der Waals surface area contributed by atoms with Gasteiger partial charge in [0.1, 0.15) is 0 Å². The van der Waals surface area contributed by atoms with Crippen LogP contribution in [0, 0.1) is 17.2 Å². The minimum absolute atomic E-state index is 0.162. The summed E-state index contributed by atoms with van der Waals surface area (Å²) in [5.41, 5.74) is 0. The molecule has 1 atom stereocenters. The van der Waals surface area contributed by atoms with Gasteiger partial charge in [0, 0.05) is 19.6 Å². The summed E-state index contributed by atoms with van der Waals surface area (Å²) in [5, 5.41) is 8.49. The van der Waals surface area contributed by atoms with E-state index in [1.54, 1.807) is 20.8 Å². The predicted molar refractivity (Wildman–Crippen MR) is 54.6 cm³/mol. The van der Waals surface area contributed by atoms with Crippen molar-refractivity contribution in [2.45, 2.75) is 20.8 Å². The van der Waals surface area contributed by atoms with Gasteiger partial charge in [0.2, 0.25) is 0 Å². The second-order valence-electron chi connectivity index (χ2n) is 2.97. The molecule has 82 valence electrons. The maximum Gasteiger partial charge on any atom is 0.279 e. The van der Waals surface area contributed by atoms with Crippen LogP contribution in [0.25, 0.3) is 0 Å². The monoisotopic (exact) mass is 219 g/mol. The van der Waals surface area contributed by atoms with Crippen molar-refractivity contribution in [3.8, 4) is 6.07 Å². The normalized spacial score (nSPS) is 13.9. The zero-order chi connectivity index (χ0) is 11.2. The molecule has 1 N–H and O–H groups in total. The topological polar surface area (TPSA) is 73.2 Å². The molecule has 0 aromatic heterocycles. The molecule has 0 saturated carbocycles. The van der Waals surface area contributed by atoms with Gasteiger partial charge >= 0.3 is 0 Å². The standard InChI is InChI=1S/C8H17N3O2S/c1-4-11(5-2)14(12,13)10-7-8(3)6-9/h8,10H,4-5,7H2,1-3H3. The van der Waals surface area contributed by atoms with Crippen molar-refractivity contribution in [1.29, 1.82) is 5.26 Å². The fourth-order valence-electron chi connectivity index (χ4n) is 0.931. The van der Waals surface area contributed by atoms with E-state index in [0.717, 1.165) is 0 Å². The highest BCUT2D eigenvalue weighted by molar-refractivity contribution is 7.87. The first-order valence-electron chi connectivity index (χ1n) is 4.62. The van der Waals surface area contributed by atoms with Crippen LogP contribution in [-0.4, -0.2) is 32.4 Å². The smallest absolute Gasteiger partial charge is 0.201 e. The van der Waals surface area contributed by atoms with Gasteiger partial charge in [-0.15, -0.1) is 0 Å². The van der Waals surface area contributed by atoms with Crippen molar-refractivity contribution >= 4 is 10.2 Å². The van der Waals surface area contributed by atoms with Gasteiger partial charge in [-0.25, -0.2) is 4.72 Å². The van der Waals surface area contributed by atoms with Crippen molar-refractivity contribution < 1.29 is 8.42 Å². The van der Waals surface area contributed by atoms with Crippen LogP contribution in [-0.2, 0) is 10.2 Å². The van der Waals surface area contributed by atoms with Gasteiger partial charge in [-0.3, -0.25) is 0 Å². The largest absolute Gasteiger partial charge is 0.279 e. The summed E-state index contributed by atoms with van der Waals surface area (Å²) in [5.74, 6) is -0.305. The Kier molecular flexibility index (Phi) is 5.69.